The van der Waals surface area contributed by atoms with Crippen LogP contribution in [0.15, 0.2) is 66.3 Å². The molecule has 3 aliphatic carbocycles. The SMILES string of the molecule is C1=CC2=C(CC1)c1cc3cc4c(cc3cc1C2)-c1ccccc1C4. The van der Waals surface area contributed by atoms with Crippen LogP contribution >= 0.6 is 0 Å². The van der Waals surface area contributed by atoms with Crippen molar-refractivity contribution in [3.63, 3.8) is 0 Å². The Bertz CT molecular complexity index is 1090. The molecule has 6 rings (SSSR count). The Hall–Kier alpha value is -2.60. The molecule has 0 heterocycles. The summed E-state index contributed by atoms with van der Waals surface area (Å²) in [5.74, 6) is 0. The van der Waals surface area contributed by atoms with Crippen molar-refractivity contribution in [3.8, 4) is 11.1 Å². The highest BCUT2D eigenvalue weighted by atomic mass is 14.3. The molecule has 0 saturated carbocycles. The lowest BCUT2D eigenvalue weighted by atomic mass is 9.93. The van der Waals surface area contributed by atoms with Gasteiger partial charge in [0.15, 0.2) is 0 Å². The minimum atomic E-state index is 1.08. The Morgan fingerprint density at radius 2 is 1.46 bits per heavy atom. The zero-order chi connectivity index (χ0) is 15.7. The fraction of sp³-hybridized carbons (Fsp3) is 0.167. The molecule has 0 aliphatic heterocycles. The number of rotatable bonds is 0. The molecule has 0 spiro atoms. The van der Waals surface area contributed by atoms with Crippen molar-refractivity contribution in [1.29, 1.82) is 0 Å². The number of fused-ring (bicyclic) bond motifs is 6. The van der Waals surface area contributed by atoms with Gasteiger partial charge in [0.1, 0.15) is 0 Å². The van der Waals surface area contributed by atoms with Gasteiger partial charge in [-0.25, -0.2) is 0 Å². The van der Waals surface area contributed by atoms with Gasteiger partial charge >= 0.3 is 0 Å². The summed E-state index contributed by atoms with van der Waals surface area (Å²) in [7, 11) is 0. The molecular formula is C24H18. The first-order chi connectivity index (χ1) is 11.9. The number of hydrogen-bond acceptors (Lipinski definition) is 0. The van der Waals surface area contributed by atoms with E-state index in [4.69, 9.17) is 0 Å². The second kappa shape index (κ2) is 4.48. The summed E-state index contributed by atoms with van der Waals surface area (Å²) in [5, 5.41) is 2.80. The third-order valence-electron chi connectivity index (χ3n) is 5.95. The van der Waals surface area contributed by atoms with Gasteiger partial charge in [0, 0.05) is 0 Å². The zero-order valence-corrected chi connectivity index (χ0v) is 13.6. The highest BCUT2D eigenvalue weighted by Gasteiger charge is 2.23. The Morgan fingerprint density at radius 1 is 0.667 bits per heavy atom. The van der Waals surface area contributed by atoms with E-state index in [-0.39, 0.29) is 0 Å². The van der Waals surface area contributed by atoms with E-state index in [2.05, 4.69) is 60.7 Å². The summed E-state index contributed by atoms with van der Waals surface area (Å²) in [6.07, 6.45) is 9.27. The van der Waals surface area contributed by atoms with Crippen LogP contribution in [0.3, 0.4) is 0 Å². The average Bonchev–Trinajstić information content (AvgIpc) is 3.15. The maximum atomic E-state index is 2.45. The van der Waals surface area contributed by atoms with Gasteiger partial charge in [0.25, 0.3) is 0 Å². The summed E-state index contributed by atoms with van der Waals surface area (Å²) >= 11 is 0. The van der Waals surface area contributed by atoms with E-state index in [1.165, 1.54) is 57.0 Å². The van der Waals surface area contributed by atoms with E-state index in [9.17, 15) is 0 Å². The van der Waals surface area contributed by atoms with Crippen molar-refractivity contribution in [3.05, 3.63) is 88.5 Å². The minimum Gasteiger partial charge on any atom is -0.0839 e. The first-order valence-electron chi connectivity index (χ1n) is 8.93. The third-order valence-corrected chi connectivity index (χ3v) is 5.95. The molecule has 0 unspecified atom stereocenters. The molecule has 0 bridgehead atoms. The van der Waals surface area contributed by atoms with Gasteiger partial charge in [-0.1, -0.05) is 48.6 Å². The van der Waals surface area contributed by atoms with Crippen LogP contribution in [0.4, 0.5) is 0 Å². The van der Waals surface area contributed by atoms with Crippen LogP contribution in [0, 0.1) is 0 Å². The van der Waals surface area contributed by atoms with Gasteiger partial charge in [-0.3, -0.25) is 0 Å². The van der Waals surface area contributed by atoms with Gasteiger partial charge in [0.2, 0.25) is 0 Å². The van der Waals surface area contributed by atoms with E-state index >= 15 is 0 Å². The first-order valence-corrected chi connectivity index (χ1v) is 8.93. The first kappa shape index (κ1) is 12.8. The van der Waals surface area contributed by atoms with Crippen LogP contribution in [0.2, 0.25) is 0 Å². The predicted octanol–water partition coefficient (Wildman–Crippen LogP) is 6.07. The lowest BCUT2D eigenvalue weighted by Crippen LogP contribution is -1.89. The van der Waals surface area contributed by atoms with Crippen molar-refractivity contribution in [2.75, 3.05) is 0 Å². The van der Waals surface area contributed by atoms with Crippen LogP contribution in [0.25, 0.3) is 27.5 Å². The van der Waals surface area contributed by atoms with Crippen molar-refractivity contribution in [2.24, 2.45) is 0 Å². The molecule has 0 atom stereocenters. The molecule has 3 aromatic carbocycles. The van der Waals surface area contributed by atoms with Crippen molar-refractivity contribution < 1.29 is 0 Å². The fourth-order valence-electron chi connectivity index (χ4n) is 4.80. The van der Waals surface area contributed by atoms with E-state index in [0.717, 1.165) is 12.8 Å². The monoisotopic (exact) mass is 306 g/mol. The minimum absolute atomic E-state index is 1.08. The third kappa shape index (κ3) is 1.63. The largest absolute Gasteiger partial charge is 0.0839 e. The molecule has 0 nitrogen and oxygen atoms in total. The molecular weight excluding hydrogens is 288 g/mol. The van der Waals surface area contributed by atoms with Crippen LogP contribution in [-0.2, 0) is 12.8 Å². The molecule has 0 fully saturated rings. The molecule has 0 amide bonds. The zero-order valence-electron chi connectivity index (χ0n) is 13.6. The summed E-state index contributed by atoms with van der Waals surface area (Å²) in [6.45, 7) is 0. The van der Waals surface area contributed by atoms with Crippen LogP contribution in [-0.4, -0.2) is 0 Å². The highest BCUT2D eigenvalue weighted by Crippen LogP contribution is 2.43. The molecule has 0 heteroatoms. The fourth-order valence-corrected chi connectivity index (χ4v) is 4.80. The Kier molecular flexibility index (Phi) is 2.38. The second-order valence-corrected chi connectivity index (χ2v) is 7.32. The molecule has 24 heavy (non-hydrogen) atoms. The molecule has 0 saturated heterocycles. The molecule has 0 aromatic heterocycles. The summed E-state index contributed by atoms with van der Waals surface area (Å²) in [6, 6.07) is 18.6. The van der Waals surface area contributed by atoms with E-state index in [0.29, 0.717) is 0 Å². The quantitative estimate of drug-likeness (QED) is 0.370. The Morgan fingerprint density at radius 3 is 2.38 bits per heavy atom. The van der Waals surface area contributed by atoms with Gasteiger partial charge in [-0.2, -0.15) is 0 Å². The van der Waals surface area contributed by atoms with Gasteiger partial charge in [-0.15, -0.1) is 0 Å². The molecule has 0 radical (unpaired) electrons. The molecule has 3 aromatic rings. The van der Waals surface area contributed by atoms with Gasteiger partial charge in [-0.05, 0) is 93.1 Å². The summed E-state index contributed by atoms with van der Waals surface area (Å²) in [4.78, 5) is 0. The second-order valence-electron chi connectivity index (χ2n) is 7.32. The molecule has 3 aliphatic rings. The normalized spacial score (nSPS) is 17.0. The summed E-state index contributed by atoms with van der Waals surface area (Å²) in [5.41, 5.74) is 12.0. The van der Waals surface area contributed by atoms with Gasteiger partial charge < -0.3 is 0 Å². The standard InChI is InChI=1S/C24H18/c1-3-7-21-15(5-1)9-19-11-17-14-24-20(12-18(17)13-23(19)21)10-16-6-2-4-8-22(16)24/h1-3,5-7,11-14H,4,8-10H2. The van der Waals surface area contributed by atoms with Crippen LogP contribution in [0.5, 0.6) is 0 Å². The van der Waals surface area contributed by atoms with Gasteiger partial charge in [0.05, 0.1) is 0 Å². The van der Waals surface area contributed by atoms with E-state index < -0.39 is 0 Å². The van der Waals surface area contributed by atoms with Crippen LogP contribution in [0.1, 0.15) is 35.1 Å². The molecule has 0 N–H and O–H groups in total. The number of hydrogen-bond donors (Lipinski definition) is 0. The maximum Gasteiger partial charge on any atom is -0.00132 e. The molecule has 114 valence electrons. The number of allylic oxidation sites excluding steroid dienone is 4. The van der Waals surface area contributed by atoms with E-state index in [1.54, 1.807) is 11.1 Å². The Balaban J connectivity index is 1.58. The highest BCUT2D eigenvalue weighted by molar-refractivity contribution is 5.96. The predicted molar refractivity (Wildman–Crippen MR) is 101 cm³/mol. The Labute approximate surface area is 142 Å². The maximum absolute atomic E-state index is 2.45. The van der Waals surface area contributed by atoms with Crippen molar-refractivity contribution in [2.45, 2.75) is 25.7 Å². The lowest BCUT2D eigenvalue weighted by Gasteiger charge is -2.11. The van der Waals surface area contributed by atoms with Crippen molar-refractivity contribution in [1.82, 2.24) is 0 Å². The van der Waals surface area contributed by atoms with Crippen molar-refractivity contribution >= 4 is 16.3 Å². The lowest BCUT2D eigenvalue weighted by molar-refractivity contribution is 1.04. The summed E-state index contributed by atoms with van der Waals surface area (Å²) < 4.78 is 0. The number of benzene rings is 3. The van der Waals surface area contributed by atoms with E-state index in [1.807, 2.05) is 0 Å². The topological polar surface area (TPSA) is 0 Å². The smallest absolute Gasteiger partial charge is 0.00132 e. The average molecular weight is 306 g/mol. The van der Waals surface area contributed by atoms with Crippen LogP contribution < -0.4 is 0 Å².